The van der Waals surface area contributed by atoms with E-state index in [2.05, 4.69) is 27.5 Å². The predicted octanol–water partition coefficient (Wildman–Crippen LogP) is -0.323. The van der Waals surface area contributed by atoms with Crippen LogP contribution in [0.1, 0.15) is 0 Å². The van der Waals surface area contributed by atoms with E-state index in [-0.39, 0.29) is 0 Å². The lowest BCUT2D eigenvalue weighted by atomic mass is 11.8. The maximum Gasteiger partial charge on any atom is 0.676 e. The first-order chi connectivity index (χ1) is 3.68. The molecule has 0 aliphatic carbocycles. The molecule has 0 aliphatic heterocycles. The van der Waals surface area contributed by atoms with Crippen molar-refractivity contribution in [3.8, 4) is 0 Å². The van der Waals surface area contributed by atoms with Crippen molar-refractivity contribution in [3.63, 3.8) is 0 Å². The van der Waals surface area contributed by atoms with E-state index in [4.69, 9.17) is 4.80 Å². The van der Waals surface area contributed by atoms with E-state index in [0.717, 1.165) is 0 Å². The van der Waals surface area contributed by atoms with Gasteiger partial charge in [0.25, 0.3) is 0 Å². The third-order valence-corrected chi connectivity index (χ3v) is 1.87. The van der Waals surface area contributed by atoms with Gasteiger partial charge in [-0.05, 0) is 0 Å². The second-order valence-corrected chi connectivity index (χ2v) is 3.05. The van der Waals surface area contributed by atoms with Gasteiger partial charge in [-0.15, -0.1) is 0 Å². The minimum atomic E-state index is -3.39. The molecule has 0 aromatic rings. The molecule has 0 atom stereocenters. The first-order valence-electron chi connectivity index (χ1n) is 1.82. The zero-order chi connectivity index (χ0) is 6.62. The van der Waals surface area contributed by atoms with Crippen molar-refractivity contribution in [1.29, 1.82) is 0 Å². The summed E-state index contributed by atoms with van der Waals surface area (Å²) in [6.07, 6.45) is 0. The van der Waals surface area contributed by atoms with Crippen LogP contribution in [0.4, 0.5) is 0 Å². The van der Waals surface area contributed by atoms with E-state index in [1.165, 1.54) is 7.11 Å². The minimum absolute atomic E-state index is 1.25. The lowest BCUT2D eigenvalue weighted by molar-refractivity contribution is 0.0659. The fraction of sp³-hybridized carbons (Fsp3) is 0.333. The Morgan fingerprint density at radius 3 is 1.75 bits per heavy atom. The molecule has 0 rings (SSSR count). The molecular weight excluding hydrogens is 128 g/mol. The first kappa shape index (κ1) is 8.06. The Balaban J connectivity index is 3.58. The highest BCUT2D eigenvalue weighted by Gasteiger charge is 2.36. The summed E-state index contributed by atoms with van der Waals surface area (Å²) in [6.45, 7) is 0. The van der Waals surface area contributed by atoms with Gasteiger partial charge < -0.3 is 18.1 Å². The quantitative estimate of drug-likeness (QED) is 0.540. The highest BCUT2D eigenvalue weighted by atomic mass is 28.4. The van der Waals surface area contributed by atoms with Crippen LogP contribution in [0.2, 0.25) is 0 Å². The van der Waals surface area contributed by atoms with Crippen molar-refractivity contribution in [1.82, 2.24) is 0 Å². The van der Waals surface area contributed by atoms with Crippen LogP contribution in [0, 0.1) is 14.2 Å². The predicted molar refractivity (Wildman–Crippen MR) is 27.9 cm³/mol. The maximum atomic E-state index is 8.78. The van der Waals surface area contributed by atoms with Gasteiger partial charge in [-0.3, -0.25) is 0 Å². The highest BCUT2D eigenvalue weighted by Crippen LogP contribution is 1.99. The summed E-state index contributed by atoms with van der Waals surface area (Å²) >= 11 is 0. The Hall–Kier alpha value is 0.0569. The van der Waals surface area contributed by atoms with Crippen LogP contribution in [0.3, 0.4) is 0 Å². The third kappa shape index (κ3) is 1.89. The molecule has 0 spiro atoms. The molecule has 4 nitrogen and oxygen atoms in total. The van der Waals surface area contributed by atoms with Gasteiger partial charge >= 0.3 is 9.05 Å². The van der Waals surface area contributed by atoms with Crippen LogP contribution < -0.4 is 0 Å². The Kier molecular flexibility index (Phi) is 3.18. The number of rotatable bonds is 3. The van der Waals surface area contributed by atoms with Crippen LogP contribution in [0.15, 0.2) is 0 Å². The van der Waals surface area contributed by atoms with Crippen molar-refractivity contribution in [2.75, 3.05) is 7.11 Å². The van der Waals surface area contributed by atoms with Crippen LogP contribution in [0.5, 0.6) is 0 Å². The van der Waals surface area contributed by atoms with Crippen LogP contribution in [-0.2, 0) is 13.3 Å². The van der Waals surface area contributed by atoms with Crippen molar-refractivity contribution >= 4 is 9.05 Å². The van der Waals surface area contributed by atoms with Crippen LogP contribution in [0.25, 0.3) is 0 Å². The van der Waals surface area contributed by atoms with E-state index < -0.39 is 9.05 Å². The molecule has 0 saturated carbocycles. The molecule has 0 saturated heterocycles. The molecule has 0 bridgehead atoms. The SMILES string of the molecule is [CH2]O[Si](O)(O[CH2])OC. The first-order valence-corrected chi connectivity index (χ1v) is 3.49. The largest absolute Gasteiger partial charge is 0.676 e. The highest BCUT2D eigenvalue weighted by molar-refractivity contribution is 6.51. The van der Waals surface area contributed by atoms with Gasteiger partial charge in [0.15, 0.2) is 0 Å². The molecule has 8 heavy (non-hydrogen) atoms. The topological polar surface area (TPSA) is 47.9 Å². The van der Waals surface area contributed by atoms with Crippen LogP contribution >= 0.6 is 0 Å². The van der Waals surface area contributed by atoms with E-state index in [9.17, 15) is 0 Å². The summed E-state index contributed by atoms with van der Waals surface area (Å²) in [5, 5.41) is 0. The van der Waals surface area contributed by atoms with Gasteiger partial charge in [0.1, 0.15) is 0 Å². The number of hydrogen-bond donors (Lipinski definition) is 1. The van der Waals surface area contributed by atoms with E-state index in [1.807, 2.05) is 0 Å². The van der Waals surface area contributed by atoms with Gasteiger partial charge in [0, 0.05) is 7.11 Å². The van der Waals surface area contributed by atoms with Crippen molar-refractivity contribution in [2.45, 2.75) is 0 Å². The van der Waals surface area contributed by atoms with Gasteiger partial charge in [0.05, 0.1) is 14.2 Å². The molecule has 2 radical (unpaired) electrons. The zero-order valence-corrected chi connectivity index (χ0v) is 5.59. The maximum absolute atomic E-state index is 8.78. The fourth-order valence-electron chi connectivity index (χ4n) is 0.160. The molecule has 0 aromatic heterocycles. The van der Waals surface area contributed by atoms with Gasteiger partial charge in [-0.2, -0.15) is 0 Å². The molecule has 0 fully saturated rings. The molecule has 0 aromatic carbocycles. The molecular formula is C3H8O4Si. The normalized spacial score (nSPS) is 12.0. The summed E-state index contributed by atoms with van der Waals surface area (Å²) in [5.74, 6) is 0. The van der Waals surface area contributed by atoms with Crippen molar-refractivity contribution in [3.05, 3.63) is 14.2 Å². The summed E-state index contributed by atoms with van der Waals surface area (Å²) in [5.41, 5.74) is 0. The molecule has 0 amide bonds. The summed E-state index contributed by atoms with van der Waals surface area (Å²) < 4.78 is 12.7. The van der Waals surface area contributed by atoms with Gasteiger partial charge in [-0.25, -0.2) is 0 Å². The third-order valence-electron chi connectivity index (χ3n) is 0.623. The second kappa shape index (κ2) is 3.16. The molecule has 0 heterocycles. The van der Waals surface area contributed by atoms with E-state index in [1.54, 1.807) is 0 Å². The zero-order valence-electron chi connectivity index (χ0n) is 4.59. The minimum Gasteiger partial charge on any atom is -0.367 e. The van der Waals surface area contributed by atoms with Crippen LogP contribution in [-0.4, -0.2) is 21.0 Å². The Labute approximate surface area is 49.5 Å². The molecule has 5 heteroatoms. The average molecular weight is 136 g/mol. The fourth-order valence-corrected chi connectivity index (χ4v) is 0.479. The smallest absolute Gasteiger partial charge is 0.367 e. The summed E-state index contributed by atoms with van der Waals surface area (Å²) in [6, 6.07) is 0. The Bertz CT molecular complexity index is 54.0. The molecule has 1 N–H and O–H groups in total. The number of hydrogen-bond acceptors (Lipinski definition) is 4. The van der Waals surface area contributed by atoms with E-state index >= 15 is 0 Å². The lowest BCUT2D eigenvalue weighted by Gasteiger charge is -2.14. The van der Waals surface area contributed by atoms with Gasteiger partial charge in [0.2, 0.25) is 0 Å². The Morgan fingerprint density at radius 1 is 1.38 bits per heavy atom. The second-order valence-electron chi connectivity index (χ2n) is 1.02. The average Bonchev–Trinajstić information content (AvgIpc) is 1.87. The molecule has 48 valence electrons. The monoisotopic (exact) mass is 136 g/mol. The lowest BCUT2D eigenvalue weighted by Crippen LogP contribution is -2.41. The standard InChI is InChI=1S/C3H8O4Si/c1-5-8(4,6-2)7-3/h4H,1-2H2,3H3. The summed E-state index contributed by atoms with van der Waals surface area (Å²) in [7, 11) is 3.70. The van der Waals surface area contributed by atoms with E-state index in [0.29, 0.717) is 0 Å². The van der Waals surface area contributed by atoms with Gasteiger partial charge in [-0.1, -0.05) is 0 Å². The Morgan fingerprint density at radius 2 is 1.75 bits per heavy atom. The van der Waals surface area contributed by atoms with Crippen molar-refractivity contribution < 1.29 is 18.1 Å². The van der Waals surface area contributed by atoms with Crippen molar-refractivity contribution in [2.24, 2.45) is 0 Å². The molecule has 0 aliphatic rings. The summed E-state index contributed by atoms with van der Waals surface area (Å²) in [4.78, 5) is 8.78. The molecule has 0 unspecified atom stereocenters.